The zero-order chi connectivity index (χ0) is 64.4. The van der Waals surface area contributed by atoms with Crippen molar-refractivity contribution >= 4 is 115 Å². The average molecular weight is 1330 g/mol. The van der Waals surface area contributed by atoms with Gasteiger partial charge in [0, 0.05) is 68.4 Å². The minimum absolute atomic E-state index is 0.00330. The molecule has 2 aliphatic rings. The molecule has 9 heterocycles. The standard InChI is InChI=1S/C64H58N12O9S6/c1-29-13-15-36(16-14-29)20-41-55(81)75-52(32(4)50-23-85-50)64-74-47(28-90-64)62-70-43(24-88-62)54-38(17-18-40(67-54)61-73-44(27-89-61)56(82)66-33(5)48(78)19-30(2)34(6)77)59-71-46(25-86-59)58(84)69-42(22-51(65)80)63-76-53(35(7)91-63)49(79)21-39(31(3)37-11-9-8-10-12-37)60-72-45(26-87-60)57(83)68-41/h8-18,24-28,31-32,39,41-42,50,52H,2,5,19-23H2,1,3-4,6-7H3,(H2,65,80)(H,66,82)(H,68,83)(H,69,84)(H,75,81). The Balaban J connectivity index is 0.984. The van der Waals surface area contributed by atoms with Gasteiger partial charge in [0.15, 0.2) is 17.3 Å². The number of rotatable bonds is 15. The number of hydrogen-bond donors (Lipinski definition) is 5. The first-order chi connectivity index (χ1) is 43.6. The summed E-state index contributed by atoms with van der Waals surface area (Å²) in [5, 5.41) is 22.5. The van der Waals surface area contributed by atoms with Gasteiger partial charge in [-0.1, -0.05) is 87.2 Å². The summed E-state index contributed by atoms with van der Waals surface area (Å²) in [4.78, 5) is 144. The van der Waals surface area contributed by atoms with Crippen LogP contribution >= 0.6 is 68.0 Å². The molecule has 9 aromatic rings. The van der Waals surface area contributed by atoms with Gasteiger partial charge >= 0.3 is 0 Å². The van der Waals surface area contributed by atoms with E-state index >= 15 is 0 Å². The van der Waals surface area contributed by atoms with Crippen LogP contribution in [0.5, 0.6) is 0 Å². The summed E-state index contributed by atoms with van der Waals surface area (Å²) in [6, 6.07) is 18.0. The van der Waals surface area contributed by atoms with Crippen LogP contribution in [0.4, 0.5) is 0 Å². The Morgan fingerprint density at radius 3 is 2.04 bits per heavy atom. The molecule has 1 saturated heterocycles. The van der Waals surface area contributed by atoms with E-state index in [0.29, 0.717) is 64.9 Å². The molecule has 10 bridgehead atoms. The van der Waals surface area contributed by atoms with Gasteiger partial charge in [0.25, 0.3) is 17.7 Å². The van der Waals surface area contributed by atoms with Crippen molar-refractivity contribution in [3.05, 3.63) is 177 Å². The van der Waals surface area contributed by atoms with Gasteiger partial charge < -0.3 is 31.7 Å². The van der Waals surface area contributed by atoms with Crippen LogP contribution in [0, 0.1) is 19.8 Å². The molecule has 6 N–H and O–H groups in total. The van der Waals surface area contributed by atoms with Crippen molar-refractivity contribution in [3.63, 3.8) is 0 Å². The zero-order valence-electron chi connectivity index (χ0n) is 49.6. The van der Waals surface area contributed by atoms with Gasteiger partial charge in [0.1, 0.15) is 70.9 Å². The highest BCUT2D eigenvalue weighted by molar-refractivity contribution is 7.15. The van der Waals surface area contributed by atoms with Crippen LogP contribution in [0.2, 0.25) is 0 Å². The third kappa shape index (κ3) is 14.7. The molecule has 11 rings (SSSR count). The molecule has 7 aromatic heterocycles. The second-order valence-electron chi connectivity index (χ2n) is 22.1. The van der Waals surface area contributed by atoms with Gasteiger partial charge in [-0.3, -0.25) is 38.4 Å². The maximum atomic E-state index is 15.0. The molecule has 0 radical (unpaired) electrons. The van der Waals surface area contributed by atoms with Crippen molar-refractivity contribution in [1.82, 2.24) is 56.2 Å². The second-order valence-corrected chi connectivity index (χ2v) is 27.6. The third-order valence-electron chi connectivity index (χ3n) is 15.5. The topological polar surface area (TPSA) is 313 Å². The normalized spacial score (nSPS) is 18.4. The summed E-state index contributed by atoms with van der Waals surface area (Å²) in [6.45, 7) is 16.7. The van der Waals surface area contributed by atoms with Crippen molar-refractivity contribution in [2.45, 2.75) is 96.4 Å². The van der Waals surface area contributed by atoms with Gasteiger partial charge in [0.05, 0.1) is 47.6 Å². The number of nitrogens with one attached hydrogen (secondary N) is 4. The van der Waals surface area contributed by atoms with Gasteiger partial charge in [-0.05, 0) is 55.5 Å². The lowest BCUT2D eigenvalue weighted by Crippen LogP contribution is -2.50. The van der Waals surface area contributed by atoms with Crippen LogP contribution in [0.1, 0.15) is 142 Å². The molecule has 7 unspecified atom stereocenters. The monoisotopic (exact) mass is 1330 g/mol. The lowest BCUT2D eigenvalue weighted by Gasteiger charge is -2.26. The number of ketones is 3. The first kappa shape index (κ1) is 63.7. The Hall–Kier alpha value is -8.83. The quantitative estimate of drug-likeness (QED) is 0.0470. The summed E-state index contributed by atoms with van der Waals surface area (Å²) in [7, 11) is 0. The molecule has 464 valence electrons. The van der Waals surface area contributed by atoms with Crippen LogP contribution in [-0.2, 0) is 30.3 Å². The lowest BCUT2D eigenvalue weighted by atomic mass is 9.84. The lowest BCUT2D eigenvalue weighted by molar-refractivity contribution is -0.124. The number of epoxide rings is 1. The first-order valence-corrected chi connectivity index (χ1v) is 33.8. The number of fused-ring (bicyclic) bond motifs is 14. The number of thiazole rings is 6. The molecule has 7 atom stereocenters. The number of nitrogens with zero attached hydrogens (tertiary/aromatic N) is 7. The van der Waals surface area contributed by atoms with Gasteiger partial charge in [-0.15, -0.1) is 68.0 Å². The molecule has 1 fully saturated rings. The Kier molecular flexibility index (Phi) is 19.1. The predicted octanol–water partition coefficient (Wildman–Crippen LogP) is 10.5. The maximum Gasteiger partial charge on any atom is 0.275 e. The number of aryl methyl sites for hydroxylation is 2. The molecular formula is C64H58N12O9S6. The molecular weight excluding hydrogens is 1270 g/mol. The van der Waals surface area contributed by atoms with Gasteiger partial charge in [-0.25, -0.2) is 34.9 Å². The van der Waals surface area contributed by atoms with E-state index in [-0.39, 0.29) is 94.2 Å². The third-order valence-corrected chi connectivity index (χ3v) is 21.1. The Labute approximate surface area is 545 Å². The molecule has 0 aliphatic carbocycles. The van der Waals surface area contributed by atoms with Crippen LogP contribution in [0.3, 0.4) is 0 Å². The average Bonchev–Trinajstić information content (AvgIpc) is 1.74. The smallest absolute Gasteiger partial charge is 0.275 e. The van der Waals surface area contributed by atoms with E-state index in [4.69, 9.17) is 40.4 Å². The largest absolute Gasteiger partial charge is 0.373 e. The van der Waals surface area contributed by atoms with Crippen molar-refractivity contribution in [1.29, 1.82) is 0 Å². The number of carbonyl (C=O) groups excluding carboxylic acids is 8. The van der Waals surface area contributed by atoms with Crippen molar-refractivity contribution in [2.75, 3.05) is 6.61 Å². The van der Waals surface area contributed by atoms with Crippen LogP contribution in [0.25, 0.3) is 43.4 Å². The van der Waals surface area contributed by atoms with E-state index in [2.05, 4.69) is 39.4 Å². The first-order valence-electron chi connectivity index (χ1n) is 28.6. The van der Waals surface area contributed by atoms with E-state index in [1.807, 2.05) is 80.7 Å². The number of aromatic nitrogens is 7. The van der Waals surface area contributed by atoms with Crippen LogP contribution in [-0.4, -0.2) is 101 Å². The van der Waals surface area contributed by atoms with E-state index in [0.717, 1.165) is 50.7 Å². The molecule has 0 saturated carbocycles. The summed E-state index contributed by atoms with van der Waals surface area (Å²) >= 11 is 7.27. The number of pyridine rings is 1. The zero-order valence-corrected chi connectivity index (χ0v) is 54.5. The fraction of sp³-hybridized carbons (Fsp3) is 0.266. The Morgan fingerprint density at radius 2 is 1.32 bits per heavy atom. The van der Waals surface area contributed by atoms with Crippen molar-refractivity contribution in [2.24, 2.45) is 11.7 Å². The van der Waals surface area contributed by atoms with Crippen LogP contribution in [0.15, 0.2) is 118 Å². The SMILES string of the molecule is C=C(CC(=O)C(=C)NC(=O)c1csc(-c2ccc3c(n2)-c2csc(n2)-c2csc(n2)C(C(C)C2CO2)NC(=O)C(Cc2ccc(C)cc2)NC(=O)c2csc(n2)C(C(C)c2ccccc2)CC(=O)c2nc(sc2C)C(CC(N)=O)NC(=O)c2csc-3n2)n1)C(C)=O. The summed E-state index contributed by atoms with van der Waals surface area (Å²) in [5.41, 5.74) is 10.6. The number of carbonyl (C=O) groups is 8. The summed E-state index contributed by atoms with van der Waals surface area (Å²) < 4.78 is 5.80. The molecule has 21 nitrogen and oxygen atoms in total. The summed E-state index contributed by atoms with van der Waals surface area (Å²) in [5.74, 6) is -5.52. The molecule has 27 heteroatoms. The second kappa shape index (κ2) is 27.3. The number of allylic oxidation sites excluding steroid dienone is 2. The number of primary amides is 1. The molecule has 2 aromatic carbocycles. The minimum atomic E-state index is -1.08. The minimum Gasteiger partial charge on any atom is -0.373 e. The van der Waals surface area contributed by atoms with E-state index < -0.39 is 59.4 Å². The van der Waals surface area contributed by atoms with E-state index in [9.17, 15) is 38.4 Å². The van der Waals surface area contributed by atoms with Gasteiger partial charge in [0.2, 0.25) is 11.8 Å². The van der Waals surface area contributed by atoms with Crippen molar-refractivity contribution < 1.29 is 43.1 Å². The molecule has 91 heavy (non-hydrogen) atoms. The molecule has 0 spiro atoms. The number of amides is 5. The van der Waals surface area contributed by atoms with Crippen LogP contribution < -0.4 is 27.0 Å². The highest BCUT2D eigenvalue weighted by Gasteiger charge is 2.40. The number of Topliss-reactive ketones (excluding diaryl/α,β-unsaturated/α-hetero) is 3. The summed E-state index contributed by atoms with van der Waals surface area (Å²) in [6.07, 6.45) is -0.779. The maximum absolute atomic E-state index is 15.0. The fourth-order valence-corrected chi connectivity index (χ4v) is 15.5. The van der Waals surface area contributed by atoms with E-state index in [1.54, 1.807) is 35.2 Å². The predicted molar refractivity (Wildman–Crippen MR) is 350 cm³/mol. The number of ether oxygens (including phenoxy) is 1. The van der Waals surface area contributed by atoms with E-state index in [1.165, 1.54) is 46.3 Å². The van der Waals surface area contributed by atoms with Crippen molar-refractivity contribution in [3.8, 4) is 43.4 Å². The molecule has 2 aliphatic heterocycles. The number of hydrogen-bond acceptors (Lipinski definition) is 22. The fourth-order valence-electron chi connectivity index (χ4n) is 10.1. The Morgan fingerprint density at radius 1 is 0.681 bits per heavy atom. The number of nitrogens with two attached hydrogens (primary N) is 1. The molecule has 5 amide bonds. The highest BCUT2D eigenvalue weighted by atomic mass is 32.1. The van der Waals surface area contributed by atoms with Gasteiger partial charge in [-0.2, -0.15) is 0 Å². The Bertz CT molecular complexity index is 4350. The highest BCUT2D eigenvalue weighted by Crippen LogP contribution is 2.42. The number of benzene rings is 2.